The normalized spacial score (nSPS) is 12.2. The summed E-state index contributed by atoms with van der Waals surface area (Å²) in [6.07, 6.45) is 3.88. The first kappa shape index (κ1) is 15.4. The minimum atomic E-state index is -1.84. The molecule has 0 aliphatic heterocycles. The van der Waals surface area contributed by atoms with Crippen LogP contribution in [-0.4, -0.2) is 23.2 Å². The van der Waals surface area contributed by atoms with Gasteiger partial charge in [-0.05, 0) is 0 Å². The fraction of sp³-hybridized carbons (Fsp3) is 0.200. The maximum absolute atomic E-state index is 6.18. The number of rotatable bonds is 2. The van der Waals surface area contributed by atoms with Crippen LogP contribution in [0.15, 0.2) is 53.2 Å². The Kier molecular flexibility index (Phi) is 3.50. The predicted octanol–water partition coefficient (Wildman–Crippen LogP) is 4.90. The van der Waals surface area contributed by atoms with Crippen molar-refractivity contribution < 1.29 is 4.42 Å². The van der Waals surface area contributed by atoms with Gasteiger partial charge >= 0.3 is 144 Å². The molecule has 0 aliphatic carbocycles. The monoisotopic (exact) mass is 378 g/mol. The second-order valence-electron chi connectivity index (χ2n) is 7.24. The van der Waals surface area contributed by atoms with Crippen LogP contribution in [0, 0.1) is 6.92 Å². The molecule has 24 heavy (non-hydrogen) atoms. The van der Waals surface area contributed by atoms with Gasteiger partial charge in [-0.2, -0.15) is 0 Å². The van der Waals surface area contributed by atoms with Gasteiger partial charge in [0.25, 0.3) is 0 Å². The fourth-order valence-corrected chi connectivity index (χ4v) is 5.23. The standard InChI is InChI=1S/C20H20GeN2O/c1-13-19-16(10-11-22-13)15-6-5-7-17(20(15)24-19)18-9-8-14(12-23-18)21(2,3)4/h5-12H,1-4H3. The van der Waals surface area contributed by atoms with Crippen LogP contribution in [0.3, 0.4) is 0 Å². The van der Waals surface area contributed by atoms with Gasteiger partial charge in [0.15, 0.2) is 0 Å². The number of furan rings is 1. The quantitative estimate of drug-likeness (QED) is 0.467. The van der Waals surface area contributed by atoms with Crippen LogP contribution in [0.5, 0.6) is 0 Å². The van der Waals surface area contributed by atoms with Gasteiger partial charge in [0.05, 0.1) is 0 Å². The molecule has 0 aliphatic rings. The molecule has 0 saturated heterocycles. The summed E-state index contributed by atoms with van der Waals surface area (Å²) in [6.45, 7) is 1.98. The Morgan fingerprint density at radius 3 is 2.38 bits per heavy atom. The molecule has 0 atom stereocenters. The SMILES string of the molecule is Cc1nccc2c1oc1c(-c3cc[c]([Ge]([CH3])([CH3])[CH3])cn3)cccc12. The number of aromatic nitrogens is 2. The summed E-state index contributed by atoms with van der Waals surface area (Å²) < 4.78 is 7.59. The Morgan fingerprint density at radius 1 is 0.875 bits per heavy atom. The zero-order valence-corrected chi connectivity index (χ0v) is 16.5. The van der Waals surface area contributed by atoms with E-state index in [1.165, 1.54) is 4.40 Å². The Hall–Kier alpha value is -2.14. The van der Waals surface area contributed by atoms with Crippen molar-refractivity contribution in [2.45, 2.75) is 24.2 Å². The zero-order chi connectivity index (χ0) is 16.9. The van der Waals surface area contributed by atoms with E-state index in [2.05, 4.69) is 52.6 Å². The average Bonchev–Trinajstić information content (AvgIpc) is 2.94. The summed E-state index contributed by atoms with van der Waals surface area (Å²) in [5, 5.41) is 2.23. The number of hydrogen-bond donors (Lipinski definition) is 0. The third kappa shape index (κ3) is 2.44. The van der Waals surface area contributed by atoms with Crippen molar-refractivity contribution in [1.29, 1.82) is 0 Å². The Balaban J connectivity index is 1.94. The molecule has 4 heteroatoms. The van der Waals surface area contributed by atoms with Crippen molar-refractivity contribution in [2.24, 2.45) is 0 Å². The number of aryl methyl sites for hydroxylation is 1. The predicted molar refractivity (Wildman–Crippen MR) is 102 cm³/mol. The van der Waals surface area contributed by atoms with Gasteiger partial charge in [-0.1, -0.05) is 0 Å². The van der Waals surface area contributed by atoms with Crippen molar-refractivity contribution in [1.82, 2.24) is 9.97 Å². The number of para-hydroxylation sites is 1. The molecule has 0 spiro atoms. The number of hydrogen-bond acceptors (Lipinski definition) is 3. The Morgan fingerprint density at radius 2 is 1.67 bits per heavy atom. The number of pyridine rings is 2. The fourth-order valence-electron chi connectivity index (χ4n) is 3.05. The molecular formula is C20H20GeN2O. The summed E-state index contributed by atoms with van der Waals surface area (Å²) in [6, 6.07) is 12.6. The molecule has 3 heterocycles. The van der Waals surface area contributed by atoms with Crippen molar-refractivity contribution in [3.63, 3.8) is 0 Å². The van der Waals surface area contributed by atoms with Gasteiger partial charge < -0.3 is 0 Å². The first-order valence-corrected chi connectivity index (χ1v) is 15.5. The first-order chi connectivity index (χ1) is 11.4. The van der Waals surface area contributed by atoms with Crippen molar-refractivity contribution in [2.75, 3.05) is 0 Å². The molecule has 120 valence electrons. The van der Waals surface area contributed by atoms with E-state index in [1.807, 2.05) is 25.4 Å². The van der Waals surface area contributed by atoms with E-state index in [4.69, 9.17) is 9.40 Å². The number of fused-ring (bicyclic) bond motifs is 3. The van der Waals surface area contributed by atoms with Crippen LogP contribution in [0.2, 0.25) is 17.3 Å². The topological polar surface area (TPSA) is 38.9 Å². The average molecular weight is 377 g/mol. The molecule has 3 aromatic heterocycles. The first-order valence-electron chi connectivity index (χ1n) is 8.19. The summed E-state index contributed by atoms with van der Waals surface area (Å²) in [5.74, 6) is 7.14. The van der Waals surface area contributed by atoms with E-state index in [1.54, 1.807) is 0 Å². The van der Waals surface area contributed by atoms with Crippen LogP contribution in [0.4, 0.5) is 0 Å². The Bertz CT molecular complexity index is 1040. The van der Waals surface area contributed by atoms with Crippen molar-refractivity contribution in [3.8, 4) is 11.3 Å². The van der Waals surface area contributed by atoms with E-state index in [9.17, 15) is 0 Å². The molecule has 4 rings (SSSR count). The van der Waals surface area contributed by atoms with Crippen molar-refractivity contribution in [3.05, 3.63) is 54.5 Å². The van der Waals surface area contributed by atoms with Crippen LogP contribution in [0.25, 0.3) is 33.2 Å². The molecule has 0 N–H and O–H groups in total. The van der Waals surface area contributed by atoms with Gasteiger partial charge in [-0.15, -0.1) is 0 Å². The summed E-state index contributed by atoms with van der Waals surface area (Å²) in [7, 11) is 0. The third-order valence-electron chi connectivity index (χ3n) is 4.50. The van der Waals surface area contributed by atoms with Gasteiger partial charge in [0.1, 0.15) is 0 Å². The Labute approximate surface area is 144 Å². The summed E-state index contributed by atoms with van der Waals surface area (Å²) in [4.78, 5) is 9.07. The number of nitrogens with zero attached hydrogens (tertiary/aromatic N) is 2. The van der Waals surface area contributed by atoms with E-state index in [-0.39, 0.29) is 0 Å². The van der Waals surface area contributed by atoms with Crippen LogP contribution in [-0.2, 0) is 0 Å². The molecule has 4 aromatic rings. The third-order valence-corrected chi connectivity index (χ3v) is 8.75. The molecule has 0 amide bonds. The van der Waals surface area contributed by atoms with Crippen LogP contribution < -0.4 is 4.40 Å². The van der Waals surface area contributed by atoms with Gasteiger partial charge in [-0.3, -0.25) is 0 Å². The molecule has 0 fully saturated rings. The molecule has 0 radical (unpaired) electrons. The maximum atomic E-state index is 6.18. The molecular weight excluding hydrogens is 357 g/mol. The zero-order valence-electron chi connectivity index (χ0n) is 14.4. The van der Waals surface area contributed by atoms with Crippen LogP contribution >= 0.6 is 0 Å². The summed E-state index contributed by atoms with van der Waals surface area (Å²) >= 11 is -1.84. The van der Waals surface area contributed by atoms with Gasteiger partial charge in [-0.25, -0.2) is 0 Å². The van der Waals surface area contributed by atoms with E-state index < -0.39 is 13.3 Å². The molecule has 0 unspecified atom stereocenters. The van der Waals surface area contributed by atoms with E-state index in [0.29, 0.717) is 0 Å². The van der Waals surface area contributed by atoms with Gasteiger partial charge in [0.2, 0.25) is 0 Å². The molecule has 3 nitrogen and oxygen atoms in total. The molecule has 1 aromatic carbocycles. The van der Waals surface area contributed by atoms with Crippen LogP contribution in [0.1, 0.15) is 5.69 Å². The number of benzene rings is 1. The summed E-state index contributed by atoms with van der Waals surface area (Å²) in [5.41, 5.74) is 4.66. The molecule has 0 bridgehead atoms. The minimum absolute atomic E-state index is 0.862. The van der Waals surface area contributed by atoms with Gasteiger partial charge in [0, 0.05) is 0 Å². The van der Waals surface area contributed by atoms with Crippen molar-refractivity contribution >= 4 is 39.6 Å². The second-order valence-corrected chi connectivity index (χ2v) is 17.9. The molecule has 0 saturated carbocycles. The second kappa shape index (κ2) is 5.45. The van der Waals surface area contributed by atoms with E-state index in [0.717, 1.165) is 38.9 Å². The van der Waals surface area contributed by atoms with E-state index >= 15 is 0 Å².